The van der Waals surface area contributed by atoms with Gasteiger partial charge in [0.25, 0.3) is 0 Å². The van der Waals surface area contributed by atoms with Gasteiger partial charge in [-0.25, -0.2) is 0 Å². The molecule has 0 saturated heterocycles. The summed E-state index contributed by atoms with van der Waals surface area (Å²) >= 11 is 0. The molecular weight excluding hydrogens is 254 g/mol. The third kappa shape index (κ3) is 2.76. The summed E-state index contributed by atoms with van der Waals surface area (Å²) in [5.41, 5.74) is 5.14. The van der Waals surface area contributed by atoms with Crippen LogP contribution in [0.5, 0.6) is 11.5 Å². The van der Waals surface area contributed by atoms with E-state index in [9.17, 15) is 0 Å². The average Bonchev–Trinajstić information content (AvgIpc) is 2.89. The van der Waals surface area contributed by atoms with Crippen LogP contribution in [-0.2, 0) is 11.4 Å². The number of rotatable bonds is 5. The summed E-state index contributed by atoms with van der Waals surface area (Å²) < 4.78 is 11.4. The third-order valence-electron chi connectivity index (χ3n) is 3.27. The van der Waals surface area contributed by atoms with Crippen LogP contribution < -0.4 is 15.0 Å². The van der Waals surface area contributed by atoms with Crippen LogP contribution in [0.25, 0.3) is 0 Å². The van der Waals surface area contributed by atoms with Crippen molar-refractivity contribution in [2.45, 2.75) is 12.6 Å². The van der Waals surface area contributed by atoms with E-state index in [1.165, 1.54) is 0 Å². The zero-order valence-electron chi connectivity index (χ0n) is 11.3. The second kappa shape index (κ2) is 5.94. The summed E-state index contributed by atoms with van der Waals surface area (Å²) in [6, 6.07) is 16.0. The van der Waals surface area contributed by atoms with Gasteiger partial charge in [0.2, 0.25) is 0 Å². The van der Waals surface area contributed by atoms with Crippen molar-refractivity contribution in [2.75, 3.05) is 13.7 Å². The molecule has 1 aliphatic heterocycles. The van der Waals surface area contributed by atoms with Gasteiger partial charge in [0.05, 0.1) is 13.2 Å². The number of nitrogens with one attached hydrogen (secondary N) is 1. The highest BCUT2D eigenvalue weighted by Crippen LogP contribution is 2.35. The first-order valence-corrected chi connectivity index (χ1v) is 6.59. The van der Waals surface area contributed by atoms with Gasteiger partial charge in [0.1, 0.15) is 24.7 Å². The zero-order valence-corrected chi connectivity index (χ0v) is 11.3. The van der Waals surface area contributed by atoms with Crippen LogP contribution >= 0.6 is 0 Å². The molecule has 0 radical (unpaired) electrons. The van der Waals surface area contributed by atoms with Crippen molar-refractivity contribution in [3.8, 4) is 11.5 Å². The topological polar surface area (TPSA) is 39.7 Å². The minimum Gasteiger partial charge on any atom is -0.491 e. The molecule has 0 spiro atoms. The van der Waals surface area contributed by atoms with Gasteiger partial charge in [-0.05, 0) is 23.8 Å². The maximum atomic E-state index is 5.82. The summed E-state index contributed by atoms with van der Waals surface area (Å²) in [5, 5.41) is 0. The number of benzene rings is 2. The summed E-state index contributed by atoms with van der Waals surface area (Å²) in [5.74, 6) is 1.72. The molecule has 0 amide bonds. The van der Waals surface area contributed by atoms with Crippen LogP contribution in [0.4, 0.5) is 0 Å². The van der Waals surface area contributed by atoms with Crippen molar-refractivity contribution in [1.82, 2.24) is 5.48 Å². The number of hydrogen-bond acceptors (Lipinski definition) is 4. The van der Waals surface area contributed by atoms with Gasteiger partial charge >= 0.3 is 0 Å². The lowest BCUT2D eigenvalue weighted by Crippen LogP contribution is -2.20. The van der Waals surface area contributed by atoms with E-state index in [0.29, 0.717) is 13.2 Å². The van der Waals surface area contributed by atoms with Crippen molar-refractivity contribution in [3.05, 3.63) is 59.7 Å². The largest absolute Gasteiger partial charge is 0.491 e. The molecule has 1 N–H and O–H groups in total. The molecule has 104 valence electrons. The average molecular weight is 271 g/mol. The van der Waals surface area contributed by atoms with Crippen LogP contribution in [0.15, 0.2) is 48.5 Å². The first-order chi connectivity index (χ1) is 9.86. The van der Waals surface area contributed by atoms with E-state index in [0.717, 1.165) is 22.6 Å². The van der Waals surface area contributed by atoms with E-state index < -0.39 is 0 Å². The van der Waals surface area contributed by atoms with Crippen molar-refractivity contribution in [2.24, 2.45) is 0 Å². The third-order valence-corrected chi connectivity index (χ3v) is 3.27. The number of hydroxylamine groups is 1. The van der Waals surface area contributed by atoms with Gasteiger partial charge in [0.15, 0.2) is 0 Å². The minimum absolute atomic E-state index is 0.0512. The van der Waals surface area contributed by atoms with Crippen molar-refractivity contribution in [3.63, 3.8) is 0 Å². The molecule has 20 heavy (non-hydrogen) atoms. The monoisotopic (exact) mass is 271 g/mol. The molecule has 1 aliphatic rings. The summed E-state index contributed by atoms with van der Waals surface area (Å²) in [4.78, 5) is 4.98. The molecule has 0 aliphatic carbocycles. The van der Waals surface area contributed by atoms with Crippen LogP contribution in [0, 0.1) is 0 Å². The van der Waals surface area contributed by atoms with Crippen LogP contribution in [-0.4, -0.2) is 13.7 Å². The Labute approximate surface area is 118 Å². The normalized spacial score (nSPS) is 16.6. The van der Waals surface area contributed by atoms with E-state index in [2.05, 4.69) is 5.48 Å². The molecule has 1 unspecified atom stereocenters. The fourth-order valence-electron chi connectivity index (χ4n) is 2.26. The smallest absolute Gasteiger partial charge is 0.124 e. The first-order valence-electron chi connectivity index (χ1n) is 6.59. The Balaban J connectivity index is 1.71. The quantitative estimate of drug-likeness (QED) is 0.849. The molecule has 2 aromatic rings. The van der Waals surface area contributed by atoms with E-state index in [1.807, 2.05) is 48.5 Å². The Morgan fingerprint density at radius 1 is 1.20 bits per heavy atom. The van der Waals surface area contributed by atoms with Crippen molar-refractivity contribution < 1.29 is 14.3 Å². The van der Waals surface area contributed by atoms with Gasteiger partial charge in [-0.1, -0.05) is 30.3 Å². The minimum atomic E-state index is 0.0512. The zero-order chi connectivity index (χ0) is 13.8. The molecule has 1 heterocycles. The Morgan fingerprint density at radius 2 is 2.05 bits per heavy atom. The number of hydrogen-bond donors (Lipinski definition) is 1. The number of fused-ring (bicyclic) bond motifs is 1. The highest BCUT2D eigenvalue weighted by molar-refractivity contribution is 5.44. The van der Waals surface area contributed by atoms with Crippen molar-refractivity contribution >= 4 is 0 Å². The molecule has 0 saturated carbocycles. The summed E-state index contributed by atoms with van der Waals surface area (Å²) in [6.07, 6.45) is 0. The van der Waals surface area contributed by atoms with Gasteiger partial charge in [-0.3, -0.25) is 0 Å². The Hall–Kier alpha value is -2.04. The molecule has 4 nitrogen and oxygen atoms in total. The van der Waals surface area contributed by atoms with E-state index in [1.54, 1.807) is 7.11 Å². The second-order valence-corrected chi connectivity index (χ2v) is 4.66. The van der Waals surface area contributed by atoms with Crippen molar-refractivity contribution in [1.29, 1.82) is 0 Å². The first kappa shape index (κ1) is 13.0. The summed E-state index contributed by atoms with van der Waals surface area (Å²) in [6.45, 7) is 1.13. The van der Waals surface area contributed by atoms with Gasteiger partial charge < -0.3 is 14.3 Å². The lowest BCUT2D eigenvalue weighted by Gasteiger charge is -2.11. The van der Waals surface area contributed by atoms with Gasteiger partial charge in [-0.15, -0.1) is 0 Å². The van der Waals surface area contributed by atoms with Crippen LogP contribution in [0.2, 0.25) is 0 Å². The Morgan fingerprint density at radius 3 is 2.85 bits per heavy atom. The summed E-state index contributed by atoms with van der Waals surface area (Å²) in [7, 11) is 1.60. The fourth-order valence-corrected chi connectivity index (χ4v) is 2.26. The highest BCUT2D eigenvalue weighted by atomic mass is 16.6. The Bertz CT molecular complexity index is 569. The Kier molecular flexibility index (Phi) is 3.85. The standard InChI is InChI=1S/C16H17NO3/c1-18-17-15-11-20-16-8-7-13(9-14(15)16)19-10-12-5-3-2-4-6-12/h2-9,15,17H,10-11H2,1H3. The maximum Gasteiger partial charge on any atom is 0.124 e. The molecule has 4 heteroatoms. The predicted octanol–water partition coefficient (Wildman–Crippen LogP) is 2.85. The van der Waals surface area contributed by atoms with Gasteiger partial charge in [-0.2, -0.15) is 5.48 Å². The fraction of sp³-hybridized carbons (Fsp3) is 0.250. The molecule has 2 aromatic carbocycles. The second-order valence-electron chi connectivity index (χ2n) is 4.66. The predicted molar refractivity (Wildman–Crippen MR) is 75.6 cm³/mol. The molecule has 1 atom stereocenters. The number of ether oxygens (including phenoxy) is 2. The van der Waals surface area contributed by atoms with E-state index >= 15 is 0 Å². The molecule has 3 rings (SSSR count). The molecule has 0 aromatic heterocycles. The van der Waals surface area contributed by atoms with E-state index in [-0.39, 0.29) is 6.04 Å². The SMILES string of the molecule is CONC1COc2ccc(OCc3ccccc3)cc21. The van der Waals surface area contributed by atoms with E-state index in [4.69, 9.17) is 14.3 Å². The lowest BCUT2D eigenvalue weighted by atomic mass is 10.1. The lowest BCUT2D eigenvalue weighted by molar-refractivity contribution is 0.0535. The van der Waals surface area contributed by atoms with Crippen LogP contribution in [0.3, 0.4) is 0 Å². The molecule has 0 fully saturated rings. The highest BCUT2D eigenvalue weighted by Gasteiger charge is 2.24. The van der Waals surface area contributed by atoms with Gasteiger partial charge in [0, 0.05) is 5.56 Å². The van der Waals surface area contributed by atoms with Crippen LogP contribution in [0.1, 0.15) is 17.2 Å². The molecular formula is C16H17NO3. The molecule has 0 bridgehead atoms. The maximum absolute atomic E-state index is 5.82.